The number of aliphatic hydroxyl groups excluding tert-OH is 2. The van der Waals surface area contributed by atoms with E-state index in [1.54, 1.807) is 0 Å². The number of esters is 1. The van der Waals surface area contributed by atoms with Gasteiger partial charge < -0.3 is 20.3 Å². The standard InChI is InChI=1S/C55H105NO5/c1-3-5-7-9-11-13-15-16-17-18-21-24-28-31-35-39-43-47-53(58)52(51-57)56-54(59)48-44-40-36-32-29-25-22-19-20-23-26-30-34-38-42-46-50-61-55(60)49-45-41-37-33-27-14-12-10-8-6-4-2/h10,12,19,22,52-53,57-58H,3-9,11,13-18,20-21,23-51H2,1-2H3,(H,56,59)/b12-10-,22-19-. The van der Waals surface area contributed by atoms with Gasteiger partial charge >= 0.3 is 5.97 Å². The van der Waals surface area contributed by atoms with Crippen LogP contribution in [-0.2, 0) is 14.3 Å². The van der Waals surface area contributed by atoms with E-state index in [0.717, 1.165) is 64.2 Å². The number of hydrogen-bond donors (Lipinski definition) is 3. The molecule has 6 nitrogen and oxygen atoms in total. The fraction of sp³-hybridized carbons (Fsp3) is 0.891. The third-order valence-electron chi connectivity index (χ3n) is 12.5. The van der Waals surface area contributed by atoms with E-state index in [4.69, 9.17) is 4.74 Å². The van der Waals surface area contributed by atoms with E-state index < -0.39 is 12.1 Å². The average molecular weight is 860 g/mol. The van der Waals surface area contributed by atoms with Gasteiger partial charge in [-0.25, -0.2) is 0 Å². The van der Waals surface area contributed by atoms with Crippen LogP contribution in [0.25, 0.3) is 0 Å². The van der Waals surface area contributed by atoms with Crippen molar-refractivity contribution in [3.05, 3.63) is 24.3 Å². The molecule has 0 bridgehead atoms. The second-order valence-corrected chi connectivity index (χ2v) is 18.6. The van der Waals surface area contributed by atoms with Gasteiger partial charge in [0.15, 0.2) is 0 Å². The Morgan fingerprint density at radius 2 is 0.787 bits per heavy atom. The number of unbranched alkanes of at least 4 members (excludes halogenated alkanes) is 35. The van der Waals surface area contributed by atoms with Crippen molar-refractivity contribution in [2.45, 2.75) is 302 Å². The number of allylic oxidation sites excluding steroid dienone is 4. The summed E-state index contributed by atoms with van der Waals surface area (Å²) in [5.41, 5.74) is 0. The van der Waals surface area contributed by atoms with Gasteiger partial charge in [-0.1, -0.05) is 231 Å². The molecule has 3 N–H and O–H groups in total. The Balaban J connectivity index is 3.48. The highest BCUT2D eigenvalue weighted by atomic mass is 16.5. The van der Waals surface area contributed by atoms with Crippen LogP contribution >= 0.6 is 0 Å². The lowest BCUT2D eigenvalue weighted by molar-refractivity contribution is -0.143. The maximum atomic E-state index is 12.5. The van der Waals surface area contributed by atoms with E-state index in [2.05, 4.69) is 43.5 Å². The first-order valence-electron chi connectivity index (χ1n) is 27.1. The van der Waals surface area contributed by atoms with Crippen LogP contribution < -0.4 is 5.32 Å². The molecular formula is C55H105NO5. The van der Waals surface area contributed by atoms with Crippen molar-refractivity contribution in [1.82, 2.24) is 5.32 Å². The van der Waals surface area contributed by atoms with Crippen LogP contribution in [-0.4, -0.2) is 47.4 Å². The van der Waals surface area contributed by atoms with Gasteiger partial charge in [-0.3, -0.25) is 9.59 Å². The zero-order valence-corrected chi connectivity index (χ0v) is 40.9. The molecule has 0 rings (SSSR count). The highest BCUT2D eigenvalue weighted by Crippen LogP contribution is 2.16. The summed E-state index contributed by atoms with van der Waals surface area (Å²) in [6.07, 6.45) is 60.1. The summed E-state index contributed by atoms with van der Waals surface area (Å²) < 4.78 is 5.44. The number of carbonyl (C=O) groups is 2. The van der Waals surface area contributed by atoms with Crippen molar-refractivity contribution >= 4 is 11.9 Å². The monoisotopic (exact) mass is 860 g/mol. The summed E-state index contributed by atoms with van der Waals surface area (Å²) in [4.78, 5) is 24.4. The molecule has 1 amide bonds. The summed E-state index contributed by atoms with van der Waals surface area (Å²) in [7, 11) is 0. The minimum absolute atomic E-state index is 0.0139. The Morgan fingerprint density at radius 1 is 0.443 bits per heavy atom. The molecule has 0 aromatic heterocycles. The van der Waals surface area contributed by atoms with Gasteiger partial charge in [0.25, 0.3) is 0 Å². The Morgan fingerprint density at radius 3 is 1.21 bits per heavy atom. The first-order valence-corrected chi connectivity index (χ1v) is 27.1. The van der Waals surface area contributed by atoms with Crippen LogP contribution in [0.2, 0.25) is 0 Å². The fourth-order valence-corrected chi connectivity index (χ4v) is 8.26. The molecule has 0 heterocycles. The van der Waals surface area contributed by atoms with Crippen molar-refractivity contribution < 1.29 is 24.5 Å². The molecule has 0 aliphatic heterocycles. The highest BCUT2D eigenvalue weighted by Gasteiger charge is 2.20. The first kappa shape index (κ1) is 59.3. The van der Waals surface area contributed by atoms with Crippen molar-refractivity contribution in [3.63, 3.8) is 0 Å². The molecule has 6 heteroatoms. The molecule has 0 saturated carbocycles. The largest absolute Gasteiger partial charge is 0.466 e. The lowest BCUT2D eigenvalue weighted by atomic mass is 10.0. The molecule has 0 aliphatic rings. The average Bonchev–Trinajstić information content (AvgIpc) is 3.26. The lowest BCUT2D eigenvalue weighted by Crippen LogP contribution is -2.45. The Bertz CT molecular complexity index is 951. The molecule has 0 fully saturated rings. The normalized spacial score (nSPS) is 12.8. The Hall–Kier alpha value is -1.66. The maximum Gasteiger partial charge on any atom is 0.305 e. The Labute approximate surface area is 380 Å². The smallest absolute Gasteiger partial charge is 0.305 e. The molecule has 0 aromatic carbocycles. The van der Waals surface area contributed by atoms with Crippen LogP contribution in [0, 0.1) is 0 Å². The quantitative estimate of drug-likeness (QED) is 0.0322. The molecule has 2 unspecified atom stereocenters. The van der Waals surface area contributed by atoms with Gasteiger partial charge in [0.05, 0.1) is 25.4 Å². The lowest BCUT2D eigenvalue weighted by Gasteiger charge is -2.22. The van der Waals surface area contributed by atoms with Gasteiger partial charge in [0, 0.05) is 12.8 Å². The number of nitrogens with one attached hydrogen (secondary N) is 1. The van der Waals surface area contributed by atoms with Crippen molar-refractivity contribution in [3.8, 4) is 0 Å². The minimum Gasteiger partial charge on any atom is -0.466 e. The summed E-state index contributed by atoms with van der Waals surface area (Å²) >= 11 is 0. The SMILES string of the molecule is CCCC/C=C\CCCCCCCC(=O)OCCCCCCCCC/C=C\CCCCCCCC(=O)NC(CO)C(O)CCCCCCCCCCCCCCCCCCC. The van der Waals surface area contributed by atoms with Crippen LogP contribution in [0.5, 0.6) is 0 Å². The first-order chi connectivity index (χ1) is 30.0. The van der Waals surface area contributed by atoms with Crippen molar-refractivity contribution in [1.29, 1.82) is 0 Å². The summed E-state index contributed by atoms with van der Waals surface area (Å²) in [5, 5.41) is 23.3. The van der Waals surface area contributed by atoms with Crippen LogP contribution in [0.3, 0.4) is 0 Å². The van der Waals surface area contributed by atoms with E-state index in [-0.39, 0.29) is 18.5 Å². The van der Waals surface area contributed by atoms with Crippen LogP contribution in [0.4, 0.5) is 0 Å². The predicted octanol–water partition coefficient (Wildman–Crippen LogP) is 16.3. The van der Waals surface area contributed by atoms with Gasteiger partial charge in [0.2, 0.25) is 5.91 Å². The topological polar surface area (TPSA) is 95.9 Å². The van der Waals surface area contributed by atoms with Crippen LogP contribution in [0.1, 0.15) is 290 Å². The number of aliphatic hydroxyl groups is 2. The maximum absolute atomic E-state index is 12.5. The molecule has 61 heavy (non-hydrogen) atoms. The fourth-order valence-electron chi connectivity index (χ4n) is 8.26. The van der Waals surface area contributed by atoms with Crippen molar-refractivity contribution in [2.24, 2.45) is 0 Å². The van der Waals surface area contributed by atoms with E-state index in [1.165, 1.54) is 193 Å². The predicted molar refractivity (Wildman–Crippen MR) is 264 cm³/mol. The summed E-state index contributed by atoms with van der Waals surface area (Å²) in [6, 6.07) is -0.553. The number of hydrogen-bond acceptors (Lipinski definition) is 5. The highest BCUT2D eigenvalue weighted by molar-refractivity contribution is 5.76. The van der Waals surface area contributed by atoms with Crippen LogP contribution in [0.15, 0.2) is 24.3 Å². The third kappa shape index (κ3) is 47.7. The van der Waals surface area contributed by atoms with Gasteiger partial charge in [-0.15, -0.1) is 0 Å². The van der Waals surface area contributed by atoms with E-state index in [1.807, 2.05) is 0 Å². The third-order valence-corrected chi connectivity index (χ3v) is 12.5. The summed E-state index contributed by atoms with van der Waals surface area (Å²) in [5.74, 6) is -0.0649. The molecule has 0 saturated heterocycles. The molecule has 360 valence electrons. The second kappa shape index (κ2) is 51.0. The number of rotatable bonds is 50. The number of amides is 1. The zero-order chi connectivity index (χ0) is 44.4. The molecule has 0 aliphatic carbocycles. The van der Waals surface area contributed by atoms with E-state index in [0.29, 0.717) is 25.9 Å². The van der Waals surface area contributed by atoms with Gasteiger partial charge in [-0.2, -0.15) is 0 Å². The zero-order valence-electron chi connectivity index (χ0n) is 40.9. The molecule has 0 aromatic rings. The second-order valence-electron chi connectivity index (χ2n) is 18.6. The molecular weight excluding hydrogens is 755 g/mol. The Kier molecular flexibility index (Phi) is 49.6. The van der Waals surface area contributed by atoms with E-state index >= 15 is 0 Å². The number of carbonyl (C=O) groups excluding carboxylic acids is 2. The van der Waals surface area contributed by atoms with Crippen molar-refractivity contribution in [2.75, 3.05) is 13.2 Å². The summed E-state index contributed by atoms with van der Waals surface area (Å²) in [6.45, 7) is 4.90. The van der Waals surface area contributed by atoms with Gasteiger partial charge in [-0.05, 0) is 70.6 Å². The van der Waals surface area contributed by atoms with E-state index in [9.17, 15) is 19.8 Å². The number of ether oxygens (including phenoxy) is 1. The molecule has 0 radical (unpaired) electrons. The minimum atomic E-state index is -0.675. The molecule has 0 spiro atoms. The van der Waals surface area contributed by atoms with Gasteiger partial charge in [0.1, 0.15) is 0 Å². The molecule has 2 atom stereocenters.